The molecule has 0 amide bonds. The Morgan fingerprint density at radius 2 is 2.21 bits per heavy atom. The number of hydrogen-bond donors (Lipinski definition) is 1. The van der Waals surface area contributed by atoms with Crippen molar-refractivity contribution in [2.24, 2.45) is 0 Å². The van der Waals surface area contributed by atoms with Gasteiger partial charge in [-0.1, -0.05) is 42.5 Å². The first-order chi connectivity index (χ1) is 14.1. The fraction of sp³-hybridized carbons (Fsp3) is 0.478. The van der Waals surface area contributed by atoms with Crippen LogP contribution >= 0.6 is 0 Å². The number of aromatic nitrogens is 1. The first-order valence-electron chi connectivity index (χ1n) is 10.3. The summed E-state index contributed by atoms with van der Waals surface area (Å²) in [6.07, 6.45) is 15.2. The maximum absolute atomic E-state index is 10.4. The molecule has 6 nitrogen and oxygen atoms in total. The zero-order chi connectivity index (χ0) is 20.9. The number of hydrogen-bond acceptors (Lipinski definition) is 5. The number of carboxylic acid groups (broad SMARTS) is 1. The zero-order valence-electron chi connectivity index (χ0n) is 17.3. The summed E-state index contributed by atoms with van der Waals surface area (Å²) < 4.78 is 10.7. The van der Waals surface area contributed by atoms with E-state index >= 15 is 0 Å². The van der Waals surface area contributed by atoms with Gasteiger partial charge < -0.3 is 19.3 Å². The Balaban J connectivity index is 1.57. The van der Waals surface area contributed by atoms with Crippen LogP contribution in [0.5, 0.6) is 0 Å². The Morgan fingerprint density at radius 3 is 3.00 bits per heavy atom. The molecule has 6 heteroatoms. The third-order valence-corrected chi connectivity index (χ3v) is 4.61. The van der Waals surface area contributed by atoms with Crippen molar-refractivity contribution in [2.45, 2.75) is 52.1 Å². The SMILES string of the molecule is C=C1CN(CCCCCc2cc(COCCCC(=O)O)on2)C=C1/C=C\C=C/C. The molecule has 0 unspecified atom stereocenters. The molecular formula is C23H32N2O4. The van der Waals surface area contributed by atoms with Crippen molar-refractivity contribution in [1.29, 1.82) is 0 Å². The molecular weight excluding hydrogens is 368 g/mol. The van der Waals surface area contributed by atoms with Crippen LogP contribution in [0.15, 0.2) is 58.8 Å². The Hall–Kier alpha value is -2.60. The van der Waals surface area contributed by atoms with Gasteiger partial charge >= 0.3 is 5.97 Å². The highest BCUT2D eigenvalue weighted by molar-refractivity contribution is 5.66. The van der Waals surface area contributed by atoms with E-state index in [1.807, 2.05) is 31.2 Å². The maximum atomic E-state index is 10.4. The minimum absolute atomic E-state index is 0.122. The molecule has 0 bridgehead atoms. The molecule has 1 aliphatic rings. The Bertz CT molecular complexity index is 746. The second-order valence-electron chi connectivity index (χ2n) is 7.19. The van der Waals surface area contributed by atoms with Crippen LogP contribution in [0.3, 0.4) is 0 Å². The van der Waals surface area contributed by atoms with Crippen molar-refractivity contribution in [3.05, 3.63) is 65.7 Å². The number of carbonyl (C=O) groups is 1. The van der Waals surface area contributed by atoms with Gasteiger partial charge in [-0.25, -0.2) is 0 Å². The average Bonchev–Trinajstić information content (AvgIpc) is 3.28. The van der Waals surface area contributed by atoms with Crippen LogP contribution in [-0.2, 0) is 22.6 Å². The zero-order valence-corrected chi connectivity index (χ0v) is 17.3. The van der Waals surface area contributed by atoms with E-state index in [9.17, 15) is 4.79 Å². The van der Waals surface area contributed by atoms with Gasteiger partial charge in [0.25, 0.3) is 0 Å². The normalized spacial score (nSPS) is 14.4. The Kier molecular flexibility index (Phi) is 10.00. The summed E-state index contributed by atoms with van der Waals surface area (Å²) in [7, 11) is 0. The molecule has 0 atom stereocenters. The largest absolute Gasteiger partial charge is 0.481 e. The molecule has 0 aliphatic carbocycles. The summed E-state index contributed by atoms with van der Waals surface area (Å²) in [6.45, 7) is 8.85. The fourth-order valence-electron chi connectivity index (χ4n) is 3.08. The van der Waals surface area contributed by atoms with E-state index in [0.717, 1.165) is 44.5 Å². The second-order valence-corrected chi connectivity index (χ2v) is 7.19. The second kappa shape index (κ2) is 12.8. The van der Waals surface area contributed by atoms with Crippen LogP contribution in [-0.4, -0.2) is 40.8 Å². The predicted octanol–water partition coefficient (Wildman–Crippen LogP) is 4.66. The number of aliphatic carboxylic acids is 1. The lowest BCUT2D eigenvalue weighted by Crippen LogP contribution is -2.16. The van der Waals surface area contributed by atoms with Gasteiger partial charge in [-0.15, -0.1) is 0 Å². The molecule has 29 heavy (non-hydrogen) atoms. The third kappa shape index (κ3) is 8.96. The quantitative estimate of drug-likeness (QED) is 0.362. The number of allylic oxidation sites excluding steroid dienone is 4. The van der Waals surface area contributed by atoms with Crippen molar-refractivity contribution < 1.29 is 19.2 Å². The molecule has 1 aromatic heterocycles. The average molecular weight is 401 g/mol. The Morgan fingerprint density at radius 1 is 1.34 bits per heavy atom. The standard InChI is InChI=1S/C23H32N2O4/c1-3-4-6-10-20-17-25(16-19(20)2)13-8-5-7-11-21-15-22(29-24-21)18-28-14-9-12-23(26)27/h3-4,6,10,15,17H,2,5,7-9,11-14,16,18H2,1H3,(H,26,27)/b4-3-,10-6-. The van der Waals surface area contributed by atoms with E-state index < -0.39 is 5.97 Å². The van der Waals surface area contributed by atoms with Crippen molar-refractivity contribution in [2.75, 3.05) is 19.7 Å². The lowest BCUT2D eigenvalue weighted by atomic mass is 10.1. The van der Waals surface area contributed by atoms with Crippen molar-refractivity contribution in [3.8, 4) is 0 Å². The highest BCUT2D eigenvalue weighted by Crippen LogP contribution is 2.21. The number of carboxylic acids is 1. The minimum atomic E-state index is -0.803. The summed E-state index contributed by atoms with van der Waals surface area (Å²) in [5, 5.41) is 12.7. The van der Waals surface area contributed by atoms with E-state index in [2.05, 4.69) is 28.9 Å². The summed E-state index contributed by atoms with van der Waals surface area (Å²) in [4.78, 5) is 12.8. The Labute approximate surface area is 173 Å². The van der Waals surface area contributed by atoms with Gasteiger partial charge in [0.15, 0.2) is 5.76 Å². The smallest absolute Gasteiger partial charge is 0.303 e. The minimum Gasteiger partial charge on any atom is -0.481 e. The highest BCUT2D eigenvalue weighted by Gasteiger charge is 2.13. The first kappa shape index (κ1) is 22.7. The van der Waals surface area contributed by atoms with Crippen molar-refractivity contribution in [3.63, 3.8) is 0 Å². The fourth-order valence-corrected chi connectivity index (χ4v) is 3.08. The number of aryl methyl sites for hydroxylation is 1. The van der Waals surface area contributed by atoms with E-state index in [1.54, 1.807) is 0 Å². The molecule has 1 aromatic rings. The van der Waals surface area contributed by atoms with Gasteiger partial charge in [0.1, 0.15) is 6.61 Å². The summed E-state index contributed by atoms with van der Waals surface area (Å²) >= 11 is 0. The van der Waals surface area contributed by atoms with Gasteiger partial charge in [-0.3, -0.25) is 4.79 Å². The van der Waals surface area contributed by atoms with Crippen molar-refractivity contribution >= 4 is 5.97 Å². The van der Waals surface area contributed by atoms with Crippen LogP contribution in [0.4, 0.5) is 0 Å². The van der Waals surface area contributed by atoms with Crippen LogP contribution in [0.1, 0.15) is 50.5 Å². The maximum Gasteiger partial charge on any atom is 0.303 e. The number of ether oxygens (including phenoxy) is 1. The van der Waals surface area contributed by atoms with E-state index in [1.165, 1.54) is 11.1 Å². The highest BCUT2D eigenvalue weighted by atomic mass is 16.5. The van der Waals surface area contributed by atoms with Crippen LogP contribution in [0.2, 0.25) is 0 Å². The molecule has 0 spiro atoms. The molecule has 1 aliphatic heterocycles. The van der Waals surface area contributed by atoms with Gasteiger partial charge in [0.05, 0.1) is 5.69 Å². The van der Waals surface area contributed by atoms with E-state index in [0.29, 0.717) is 25.4 Å². The number of rotatable bonds is 14. The molecule has 158 valence electrons. The third-order valence-electron chi connectivity index (χ3n) is 4.61. The van der Waals surface area contributed by atoms with Gasteiger partial charge in [0, 0.05) is 38.4 Å². The summed E-state index contributed by atoms with van der Waals surface area (Å²) in [5.74, 6) is -0.113. The topological polar surface area (TPSA) is 75.8 Å². The van der Waals surface area contributed by atoms with Gasteiger partial charge in [0.2, 0.25) is 0 Å². The molecule has 0 saturated carbocycles. The lowest BCUT2D eigenvalue weighted by Gasteiger charge is -2.14. The molecule has 2 heterocycles. The van der Waals surface area contributed by atoms with Gasteiger partial charge in [-0.2, -0.15) is 0 Å². The molecule has 0 fully saturated rings. The molecule has 0 aromatic carbocycles. The summed E-state index contributed by atoms with van der Waals surface area (Å²) in [5.41, 5.74) is 3.33. The summed E-state index contributed by atoms with van der Waals surface area (Å²) in [6, 6.07) is 1.92. The lowest BCUT2D eigenvalue weighted by molar-refractivity contribution is -0.137. The predicted molar refractivity (Wildman–Crippen MR) is 113 cm³/mol. The number of unbranched alkanes of at least 4 members (excludes halogenated alkanes) is 2. The molecule has 0 saturated heterocycles. The van der Waals surface area contributed by atoms with Crippen molar-refractivity contribution in [1.82, 2.24) is 10.1 Å². The number of nitrogens with zero attached hydrogens (tertiary/aromatic N) is 2. The first-order valence-corrected chi connectivity index (χ1v) is 10.3. The molecule has 0 radical (unpaired) electrons. The van der Waals surface area contributed by atoms with Crippen LogP contribution in [0, 0.1) is 0 Å². The molecule has 2 rings (SSSR count). The van der Waals surface area contributed by atoms with Crippen LogP contribution < -0.4 is 0 Å². The molecule has 1 N–H and O–H groups in total. The monoisotopic (exact) mass is 400 g/mol. The van der Waals surface area contributed by atoms with Gasteiger partial charge in [-0.05, 0) is 43.8 Å². The van der Waals surface area contributed by atoms with E-state index in [-0.39, 0.29) is 6.42 Å². The van der Waals surface area contributed by atoms with Crippen LogP contribution in [0.25, 0.3) is 0 Å². The van der Waals surface area contributed by atoms with E-state index in [4.69, 9.17) is 14.4 Å².